The third-order valence-electron chi connectivity index (χ3n) is 2.83. The minimum absolute atomic E-state index is 0.152. The van der Waals surface area contributed by atoms with Crippen molar-refractivity contribution < 1.29 is 13.9 Å². The smallest absolute Gasteiger partial charge is 0.336 e. The molecule has 0 atom stereocenters. The molecule has 112 valence electrons. The van der Waals surface area contributed by atoms with Gasteiger partial charge in [0.15, 0.2) is 11.7 Å². The highest BCUT2D eigenvalue weighted by molar-refractivity contribution is 7.13. The van der Waals surface area contributed by atoms with Crippen molar-refractivity contribution in [3.8, 4) is 5.75 Å². The molecule has 0 aliphatic carbocycles. The standard InChI is InChI=1S/C15H12N2O4S/c1-9-8-22-15(16-9)17-13(18)7-20-11-4-2-10-3-5-14(19)21-12(10)6-11/h2-6,8H,7H2,1H3,(H,16,17,18). The SMILES string of the molecule is Cc1csc(NC(=O)COc2ccc3ccc(=O)oc3c2)n1. The summed E-state index contributed by atoms with van der Waals surface area (Å²) in [6, 6.07) is 8.07. The van der Waals surface area contributed by atoms with Crippen LogP contribution < -0.4 is 15.7 Å². The van der Waals surface area contributed by atoms with Crippen molar-refractivity contribution in [3.05, 3.63) is 51.8 Å². The van der Waals surface area contributed by atoms with E-state index < -0.39 is 5.63 Å². The quantitative estimate of drug-likeness (QED) is 0.748. The van der Waals surface area contributed by atoms with Gasteiger partial charge in [0, 0.05) is 22.9 Å². The van der Waals surface area contributed by atoms with Crippen LogP contribution in [0, 0.1) is 6.92 Å². The predicted octanol–water partition coefficient (Wildman–Crippen LogP) is 2.58. The summed E-state index contributed by atoms with van der Waals surface area (Å²) in [5.41, 5.74) is 0.841. The van der Waals surface area contributed by atoms with E-state index in [0.29, 0.717) is 16.5 Å². The largest absolute Gasteiger partial charge is 0.484 e. The van der Waals surface area contributed by atoms with Crippen LogP contribution >= 0.6 is 11.3 Å². The fourth-order valence-electron chi connectivity index (χ4n) is 1.85. The lowest BCUT2D eigenvalue weighted by atomic mass is 10.2. The number of nitrogens with one attached hydrogen (secondary N) is 1. The van der Waals surface area contributed by atoms with Crippen molar-refractivity contribution in [3.63, 3.8) is 0 Å². The maximum Gasteiger partial charge on any atom is 0.336 e. The van der Waals surface area contributed by atoms with Gasteiger partial charge >= 0.3 is 5.63 Å². The highest BCUT2D eigenvalue weighted by atomic mass is 32.1. The fraction of sp³-hybridized carbons (Fsp3) is 0.133. The average molecular weight is 316 g/mol. The van der Waals surface area contributed by atoms with E-state index in [1.165, 1.54) is 17.4 Å². The lowest BCUT2D eigenvalue weighted by Crippen LogP contribution is -2.20. The molecule has 1 N–H and O–H groups in total. The molecule has 2 aromatic heterocycles. The normalized spacial score (nSPS) is 10.6. The minimum Gasteiger partial charge on any atom is -0.484 e. The molecule has 0 saturated heterocycles. The van der Waals surface area contributed by atoms with E-state index in [9.17, 15) is 9.59 Å². The lowest BCUT2D eigenvalue weighted by Gasteiger charge is -2.06. The third kappa shape index (κ3) is 3.32. The van der Waals surface area contributed by atoms with Gasteiger partial charge in [0.25, 0.3) is 5.91 Å². The summed E-state index contributed by atoms with van der Waals surface area (Å²) in [5.74, 6) is 0.149. The Hall–Kier alpha value is -2.67. The van der Waals surface area contributed by atoms with Gasteiger partial charge in [-0.25, -0.2) is 9.78 Å². The number of hydrogen-bond donors (Lipinski definition) is 1. The van der Waals surface area contributed by atoms with Crippen molar-refractivity contribution in [1.82, 2.24) is 4.98 Å². The van der Waals surface area contributed by atoms with Crippen molar-refractivity contribution in [2.75, 3.05) is 11.9 Å². The van der Waals surface area contributed by atoms with Gasteiger partial charge in [0.2, 0.25) is 0 Å². The highest BCUT2D eigenvalue weighted by Crippen LogP contribution is 2.19. The molecule has 0 fully saturated rings. The van der Waals surface area contributed by atoms with Crippen molar-refractivity contribution >= 4 is 33.3 Å². The number of carbonyl (C=O) groups excluding carboxylic acids is 1. The molecule has 1 amide bonds. The van der Waals surface area contributed by atoms with Crippen LogP contribution in [0.3, 0.4) is 0 Å². The second kappa shape index (κ2) is 5.98. The number of nitrogens with zero attached hydrogens (tertiary/aromatic N) is 1. The number of benzene rings is 1. The van der Waals surface area contributed by atoms with E-state index in [0.717, 1.165) is 11.1 Å². The summed E-state index contributed by atoms with van der Waals surface area (Å²) in [5, 5.41) is 5.82. The Morgan fingerprint density at radius 2 is 2.18 bits per heavy atom. The van der Waals surface area contributed by atoms with Gasteiger partial charge in [0.05, 0.1) is 5.69 Å². The number of aromatic nitrogens is 1. The average Bonchev–Trinajstić information content (AvgIpc) is 2.89. The first-order valence-electron chi connectivity index (χ1n) is 6.49. The Morgan fingerprint density at radius 3 is 2.95 bits per heavy atom. The van der Waals surface area contributed by atoms with Crippen LogP contribution in [-0.2, 0) is 4.79 Å². The summed E-state index contributed by atoms with van der Waals surface area (Å²) in [7, 11) is 0. The maximum atomic E-state index is 11.8. The van der Waals surface area contributed by atoms with Crippen LogP contribution in [0.25, 0.3) is 11.0 Å². The van der Waals surface area contributed by atoms with E-state index in [1.807, 2.05) is 12.3 Å². The zero-order chi connectivity index (χ0) is 15.5. The van der Waals surface area contributed by atoms with Gasteiger partial charge in [-0.15, -0.1) is 11.3 Å². The van der Waals surface area contributed by atoms with Crippen LogP contribution in [0.4, 0.5) is 5.13 Å². The van der Waals surface area contributed by atoms with Crippen molar-refractivity contribution in [2.45, 2.75) is 6.92 Å². The van der Waals surface area contributed by atoms with Gasteiger partial charge in [-0.3, -0.25) is 10.1 Å². The second-order valence-corrected chi connectivity index (χ2v) is 5.44. The van der Waals surface area contributed by atoms with E-state index in [1.54, 1.807) is 24.3 Å². The molecule has 6 nitrogen and oxygen atoms in total. The third-order valence-corrected chi connectivity index (χ3v) is 3.71. The zero-order valence-corrected chi connectivity index (χ0v) is 12.5. The number of hydrogen-bond acceptors (Lipinski definition) is 6. The Kier molecular flexibility index (Phi) is 3.88. The first kappa shape index (κ1) is 14.3. The van der Waals surface area contributed by atoms with Gasteiger partial charge in [-0.1, -0.05) is 0 Å². The topological polar surface area (TPSA) is 81.4 Å². The van der Waals surface area contributed by atoms with Crippen molar-refractivity contribution in [2.24, 2.45) is 0 Å². The fourth-order valence-corrected chi connectivity index (χ4v) is 2.55. The molecule has 3 rings (SSSR count). The summed E-state index contributed by atoms with van der Waals surface area (Å²) in [6.07, 6.45) is 0. The molecule has 0 bridgehead atoms. The molecular formula is C15H12N2O4S. The summed E-state index contributed by atoms with van der Waals surface area (Å²) in [4.78, 5) is 27.1. The van der Waals surface area contributed by atoms with E-state index in [-0.39, 0.29) is 12.5 Å². The Labute approximate surface area is 129 Å². The summed E-state index contributed by atoms with van der Waals surface area (Å²) >= 11 is 1.35. The van der Waals surface area contributed by atoms with Crippen LogP contribution in [-0.4, -0.2) is 17.5 Å². The summed E-state index contributed by atoms with van der Waals surface area (Å²) in [6.45, 7) is 1.70. The molecule has 0 spiro atoms. The van der Waals surface area contributed by atoms with Gasteiger partial charge in [0.1, 0.15) is 11.3 Å². The molecule has 0 unspecified atom stereocenters. The van der Waals surface area contributed by atoms with E-state index in [4.69, 9.17) is 9.15 Å². The molecular weight excluding hydrogens is 304 g/mol. The Morgan fingerprint density at radius 1 is 1.36 bits per heavy atom. The van der Waals surface area contributed by atoms with Gasteiger partial charge in [-0.05, 0) is 25.1 Å². The number of amides is 1. The van der Waals surface area contributed by atoms with Crippen LogP contribution in [0.2, 0.25) is 0 Å². The Balaban J connectivity index is 1.65. The first-order chi connectivity index (χ1) is 10.6. The number of aryl methyl sites for hydroxylation is 1. The van der Waals surface area contributed by atoms with Crippen LogP contribution in [0.5, 0.6) is 5.75 Å². The maximum absolute atomic E-state index is 11.8. The molecule has 0 aliphatic heterocycles. The number of fused-ring (bicyclic) bond motifs is 1. The lowest BCUT2D eigenvalue weighted by molar-refractivity contribution is -0.118. The van der Waals surface area contributed by atoms with Gasteiger partial charge < -0.3 is 9.15 Å². The zero-order valence-electron chi connectivity index (χ0n) is 11.7. The number of rotatable bonds is 4. The van der Waals surface area contributed by atoms with E-state index >= 15 is 0 Å². The number of anilines is 1. The van der Waals surface area contributed by atoms with Crippen molar-refractivity contribution in [1.29, 1.82) is 0 Å². The predicted molar refractivity (Wildman–Crippen MR) is 83.5 cm³/mol. The number of thiazole rings is 1. The molecule has 0 aliphatic rings. The highest BCUT2D eigenvalue weighted by Gasteiger charge is 2.07. The molecule has 1 aromatic carbocycles. The Bertz CT molecular complexity index is 884. The molecule has 3 aromatic rings. The molecule has 22 heavy (non-hydrogen) atoms. The minimum atomic E-state index is -0.429. The number of ether oxygens (including phenoxy) is 1. The summed E-state index contributed by atoms with van der Waals surface area (Å²) < 4.78 is 10.5. The molecule has 7 heteroatoms. The van der Waals surface area contributed by atoms with Crippen LogP contribution in [0.1, 0.15) is 5.69 Å². The second-order valence-electron chi connectivity index (χ2n) is 4.58. The number of carbonyl (C=O) groups is 1. The molecule has 0 radical (unpaired) electrons. The molecule has 0 saturated carbocycles. The first-order valence-corrected chi connectivity index (χ1v) is 7.37. The van der Waals surface area contributed by atoms with Crippen LogP contribution in [0.15, 0.2) is 44.9 Å². The molecule has 2 heterocycles. The van der Waals surface area contributed by atoms with Gasteiger partial charge in [-0.2, -0.15) is 0 Å². The monoisotopic (exact) mass is 316 g/mol. The van der Waals surface area contributed by atoms with E-state index in [2.05, 4.69) is 10.3 Å².